The zero-order chi connectivity index (χ0) is 10.6. The Kier molecular flexibility index (Phi) is 3.74. The maximum atomic E-state index is 9.78. The molecule has 1 saturated heterocycles. The molecule has 2 N–H and O–H groups in total. The van der Waals surface area contributed by atoms with E-state index in [1.54, 1.807) is 13.8 Å². The van der Waals surface area contributed by atoms with Crippen LogP contribution in [0, 0.1) is 11.8 Å². The van der Waals surface area contributed by atoms with Crippen LogP contribution in [0.25, 0.3) is 0 Å². The fourth-order valence-electron chi connectivity index (χ4n) is 1.50. The summed E-state index contributed by atoms with van der Waals surface area (Å²) in [6.45, 7) is 10.5. The largest absolute Gasteiger partial charge is 0.374 e. The predicted molar refractivity (Wildman–Crippen MR) is 58.0 cm³/mol. The van der Waals surface area contributed by atoms with Crippen molar-refractivity contribution in [2.75, 3.05) is 19.6 Å². The topological polar surface area (TPSA) is 24.7 Å². The van der Waals surface area contributed by atoms with Crippen molar-refractivity contribution in [3.8, 4) is 11.8 Å². The molecule has 1 atom stereocenters. The second-order valence-electron chi connectivity index (χ2n) is 4.29. The number of quaternary nitrogens is 1. The summed E-state index contributed by atoms with van der Waals surface area (Å²) in [6, 6.07) is 0. The molecule has 1 heterocycles. The van der Waals surface area contributed by atoms with Gasteiger partial charge in [0.05, 0.1) is 13.1 Å². The Hall–Kier alpha value is -0.780. The summed E-state index contributed by atoms with van der Waals surface area (Å²) < 4.78 is 0. The Morgan fingerprint density at radius 2 is 2.07 bits per heavy atom. The van der Waals surface area contributed by atoms with E-state index >= 15 is 0 Å². The summed E-state index contributed by atoms with van der Waals surface area (Å²) in [5.41, 5.74) is -0.305. The third-order valence-electron chi connectivity index (χ3n) is 2.81. The molecule has 1 aliphatic rings. The van der Waals surface area contributed by atoms with E-state index in [4.69, 9.17) is 0 Å². The van der Waals surface area contributed by atoms with Crippen LogP contribution in [0.2, 0.25) is 0 Å². The highest BCUT2D eigenvalue weighted by Crippen LogP contribution is 2.11. The minimum Gasteiger partial charge on any atom is -0.374 e. The molecule has 0 aromatic heterocycles. The molecule has 0 bridgehead atoms. The van der Waals surface area contributed by atoms with Crippen molar-refractivity contribution < 1.29 is 10.0 Å². The number of likely N-dealkylation sites (tertiary alicyclic amines) is 1. The summed E-state index contributed by atoms with van der Waals surface area (Å²) in [6.07, 6.45) is 2.63. The minimum atomic E-state index is -1.01. The SMILES string of the molecule is C=C(C)[C@](C)(O)C#CC[NH+]1CCCC1. The molecule has 78 valence electrons. The molecule has 0 aromatic rings. The molecule has 0 aliphatic carbocycles. The van der Waals surface area contributed by atoms with Gasteiger partial charge >= 0.3 is 0 Å². The molecular weight excluding hydrogens is 174 g/mol. The van der Waals surface area contributed by atoms with Gasteiger partial charge in [0, 0.05) is 12.8 Å². The molecule has 1 aliphatic heterocycles. The molecule has 0 saturated carbocycles. The van der Waals surface area contributed by atoms with Crippen LogP contribution < -0.4 is 4.90 Å². The van der Waals surface area contributed by atoms with Gasteiger partial charge < -0.3 is 10.0 Å². The number of nitrogens with one attached hydrogen (secondary N) is 1. The van der Waals surface area contributed by atoms with Gasteiger partial charge in [-0.3, -0.25) is 0 Å². The molecule has 0 amide bonds. The van der Waals surface area contributed by atoms with Crippen molar-refractivity contribution >= 4 is 0 Å². The second kappa shape index (κ2) is 4.63. The molecule has 2 heteroatoms. The smallest absolute Gasteiger partial charge is 0.143 e. The number of hydrogen-bond acceptors (Lipinski definition) is 1. The number of rotatable bonds is 2. The molecule has 14 heavy (non-hydrogen) atoms. The van der Waals surface area contributed by atoms with Crippen LogP contribution in [-0.2, 0) is 0 Å². The molecular formula is C12H20NO+. The maximum Gasteiger partial charge on any atom is 0.143 e. The monoisotopic (exact) mass is 194 g/mol. The Morgan fingerprint density at radius 1 is 1.50 bits per heavy atom. The third-order valence-corrected chi connectivity index (χ3v) is 2.81. The van der Waals surface area contributed by atoms with Crippen LogP contribution in [0.5, 0.6) is 0 Å². The van der Waals surface area contributed by atoms with Crippen molar-refractivity contribution in [1.82, 2.24) is 0 Å². The fourth-order valence-corrected chi connectivity index (χ4v) is 1.50. The van der Waals surface area contributed by atoms with E-state index in [2.05, 4.69) is 18.4 Å². The van der Waals surface area contributed by atoms with Crippen molar-refractivity contribution in [3.63, 3.8) is 0 Å². The summed E-state index contributed by atoms with van der Waals surface area (Å²) in [5.74, 6) is 5.92. The predicted octanol–water partition coefficient (Wildman–Crippen LogP) is -0.00440. The lowest BCUT2D eigenvalue weighted by atomic mass is 10.00. The average Bonchev–Trinajstić information content (AvgIpc) is 2.56. The van der Waals surface area contributed by atoms with Crippen LogP contribution in [-0.4, -0.2) is 30.3 Å². The zero-order valence-electron chi connectivity index (χ0n) is 9.19. The molecule has 0 spiro atoms. The molecule has 1 fully saturated rings. The molecule has 1 rings (SSSR count). The first-order valence-electron chi connectivity index (χ1n) is 5.24. The Balaban J connectivity index is 2.42. The first-order chi connectivity index (χ1) is 6.52. The van der Waals surface area contributed by atoms with Gasteiger partial charge in [0.15, 0.2) is 0 Å². The second-order valence-corrected chi connectivity index (χ2v) is 4.29. The lowest BCUT2D eigenvalue weighted by Crippen LogP contribution is -3.09. The van der Waals surface area contributed by atoms with Crippen molar-refractivity contribution in [1.29, 1.82) is 0 Å². The van der Waals surface area contributed by atoms with Gasteiger partial charge in [0.25, 0.3) is 0 Å². The van der Waals surface area contributed by atoms with Crippen LogP contribution >= 0.6 is 0 Å². The lowest BCUT2D eigenvalue weighted by Gasteiger charge is -2.15. The highest BCUT2D eigenvalue weighted by Gasteiger charge is 2.18. The highest BCUT2D eigenvalue weighted by atomic mass is 16.3. The first kappa shape index (κ1) is 11.3. The summed E-state index contributed by atoms with van der Waals surface area (Å²) in [7, 11) is 0. The summed E-state index contributed by atoms with van der Waals surface area (Å²) in [4.78, 5) is 1.54. The van der Waals surface area contributed by atoms with Gasteiger partial charge in [-0.15, -0.1) is 0 Å². The molecule has 0 radical (unpaired) electrons. The normalized spacial score (nSPS) is 21.1. The zero-order valence-corrected chi connectivity index (χ0v) is 9.19. The Labute approximate surface area is 86.6 Å². The van der Waals surface area contributed by atoms with E-state index in [0.29, 0.717) is 5.57 Å². The number of hydrogen-bond donors (Lipinski definition) is 2. The van der Waals surface area contributed by atoms with Gasteiger partial charge in [-0.05, 0) is 25.3 Å². The van der Waals surface area contributed by atoms with Gasteiger partial charge in [0.1, 0.15) is 12.1 Å². The minimum absolute atomic E-state index is 0.710. The molecule has 0 unspecified atom stereocenters. The molecule has 2 nitrogen and oxygen atoms in total. The van der Waals surface area contributed by atoms with E-state index in [-0.39, 0.29) is 0 Å². The highest BCUT2D eigenvalue weighted by molar-refractivity contribution is 5.25. The number of aliphatic hydroxyl groups is 1. The van der Waals surface area contributed by atoms with Crippen molar-refractivity contribution in [2.45, 2.75) is 32.3 Å². The van der Waals surface area contributed by atoms with Gasteiger partial charge in [-0.25, -0.2) is 0 Å². The van der Waals surface area contributed by atoms with Gasteiger partial charge in [-0.1, -0.05) is 12.5 Å². The van der Waals surface area contributed by atoms with Crippen LogP contribution in [0.3, 0.4) is 0 Å². The standard InChI is InChI=1S/C12H19NO/c1-11(2)12(3,14)7-6-10-13-8-4-5-9-13/h14H,1,4-5,8-10H2,2-3H3/p+1/t12-/m1/s1. The van der Waals surface area contributed by atoms with E-state index in [9.17, 15) is 5.11 Å². The van der Waals surface area contributed by atoms with E-state index in [1.165, 1.54) is 30.8 Å². The van der Waals surface area contributed by atoms with E-state index in [1.807, 2.05) is 0 Å². The van der Waals surface area contributed by atoms with Gasteiger partial charge in [0.2, 0.25) is 0 Å². The van der Waals surface area contributed by atoms with Crippen molar-refractivity contribution in [2.24, 2.45) is 0 Å². The molecule has 0 aromatic carbocycles. The van der Waals surface area contributed by atoms with Crippen LogP contribution in [0.4, 0.5) is 0 Å². The summed E-state index contributed by atoms with van der Waals surface area (Å²) in [5, 5.41) is 9.78. The third kappa shape index (κ3) is 3.17. The maximum absolute atomic E-state index is 9.78. The van der Waals surface area contributed by atoms with Crippen molar-refractivity contribution in [3.05, 3.63) is 12.2 Å². The van der Waals surface area contributed by atoms with Crippen LogP contribution in [0.1, 0.15) is 26.7 Å². The average molecular weight is 194 g/mol. The van der Waals surface area contributed by atoms with E-state index in [0.717, 1.165) is 6.54 Å². The van der Waals surface area contributed by atoms with Gasteiger partial charge in [-0.2, -0.15) is 0 Å². The fraction of sp³-hybridized carbons (Fsp3) is 0.667. The Bertz CT molecular complexity index is 264. The lowest BCUT2D eigenvalue weighted by molar-refractivity contribution is -0.879. The van der Waals surface area contributed by atoms with E-state index < -0.39 is 5.60 Å². The Morgan fingerprint density at radius 3 is 2.57 bits per heavy atom. The summed E-state index contributed by atoms with van der Waals surface area (Å²) >= 11 is 0. The first-order valence-corrected chi connectivity index (χ1v) is 5.24. The quantitative estimate of drug-likeness (QED) is 0.469. The van der Waals surface area contributed by atoms with Crippen LogP contribution in [0.15, 0.2) is 12.2 Å².